The van der Waals surface area contributed by atoms with Crippen molar-refractivity contribution in [3.05, 3.63) is 24.2 Å². The third-order valence-corrected chi connectivity index (χ3v) is 6.72. The first-order valence-corrected chi connectivity index (χ1v) is 10.8. The Bertz CT molecular complexity index is 739. The molecule has 1 saturated heterocycles. The van der Waals surface area contributed by atoms with Crippen LogP contribution in [0.25, 0.3) is 0 Å². The number of amides is 1. The van der Waals surface area contributed by atoms with E-state index in [2.05, 4.69) is 5.32 Å². The molecule has 23 heavy (non-hydrogen) atoms. The number of carbonyl (C=O) groups is 1. The fourth-order valence-electron chi connectivity index (χ4n) is 2.52. The molecule has 8 nitrogen and oxygen atoms in total. The second-order valence-corrected chi connectivity index (χ2v) is 9.70. The highest BCUT2D eigenvalue weighted by atomic mass is 32.2. The van der Waals surface area contributed by atoms with E-state index in [-0.39, 0.29) is 43.3 Å². The number of nitrogens with one attached hydrogen (secondary N) is 1. The van der Waals surface area contributed by atoms with Crippen molar-refractivity contribution in [2.45, 2.75) is 25.4 Å². The average Bonchev–Trinajstić information content (AvgIpc) is 3.04. The molecule has 0 aromatic carbocycles. The van der Waals surface area contributed by atoms with Gasteiger partial charge in [-0.1, -0.05) is 0 Å². The highest BCUT2D eigenvalue weighted by molar-refractivity contribution is 7.92. The zero-order valence-electron chi connectivity index (χ0n) is 12.8. The standard InChI is InChI=1S/C13H20N2O6S2/c1-22(17,18)15(11-5-8-23(19,20)10-11)6-4-13(16)14-9-12-3-2-7-21-12/h2-3,7,11H,4-6,8-10H2,1H3,(H,14,16). The molecule has 1 aliphatic heterocycles. The van der Waals surface area contributed by atoms with E-state index in [1.807, 2.05) is 0 Å². The van der Waals surface area contributed by atoms with E-state index in [1.54, 1.807) is 12.1 Å². The number of hydrogen-bond acceptors (Lipinski definition) is 6. The summed E-state index contributed by atoms with van der Waals surface area (Å²) in [6, 6.07) is 2.83. The van der Waals surface area contributed by atoms with Crippen molar-refractivity contribution in [2.75, 3.05) is 24.3 Å². The van der Waals surface area contributed by atoms with Crippen molar-refractivity contribution in [1.82, 2.24) is 9.62 Å². The maximum Gasteiger partial charge on any atom is 0.221 e. The van der Waals surface area contributed by atoms with Gasteiger partial charge in [0.1, 0.15) is 5.76 Å². The Morgan fingerprint density at radius 1 is 1.48 bits per heavy atom. The quantitative estimate of drug-likeness (QED) is 0.713. The van der Waals surface area contributed by atoms with Crippen molar-refractivity contribution in [1.29, 1.82) is 0 Å². The summed E-state index contributed by atoms with van der Waals surface area (Å²) in [6.45, 7) is 0.186. The van der Waals surface area contributed by atoms with Crippen molar-refractivity contribution in [2.24, 2.45) is 0 Å². The SMILES string of the molecule is CS(=O)(=O)N(CCC(=O)NCc1ccco1)C1CCS(=O)(=O)C1. The largest absolute Gasteiger partial charge is 0.467 e. The molecule has 2 rings (SSSR count). The van der Waals surface area contributed by atoms with Crippen molar-refractivity contribution in [3.63, 3.8) is 0 Å². The van der Waals surface area contributed by atoms with E-state index in [9.17, 15) is 21.6 Å². The van der Waals surface area contributed by atoms with Crippen LogP contribution in [-0.4, -0.2) is 57.4 Å². The molecule has 0 spiro atoms. The number of sulfonamides is 1. The zero-order valence-corrected chi connectivity index (χ0v) is 14.4. The predicted molar refractivity (Wildman–Crippen MR) is 83.8 cm³/mol. The third-order valence-electron chi connectivity index (χ3n) is 3.64. The molecule has 1 aromatic heterocycles. The topological polar surface area (TPSA) is 114 Å². The van der Waals surface area contributed by atoms with Crippen molar-refractivity contribution >= 4 is 25.8 Å². The molecule has 1 atom stereocenters. The Labute approximate surface area is 135 Å². The minimum Gasteiger partial charge on any atom is -0.467 e. The summed E-state index contributed by atoms with van der Waals surface area (Å²) in [6.07, 6.45) is 2.75. The van der Waals surface area contributed by atoms with Gasteiger partial charge >= 0.3 is 0 Å². The molecule has 0 aliphatic carbocycles. The van der Waals surface area contributed by atoms with Gasteiger partial charge in [-0.2, -0.15) is 4.31 Å². The number of furan rings is 1. The molecule has 1 unspecified atom stereocenters. The predicted octanol–water partition coefficient (Wildman–Crippen LogP) is -0.265. The highest BCUT2D eigenvalue weighted by Gasteiger charge is 2.36. The number of hydrogen-bond donors (Lipinski definition) is 1. The molecular formula is C13H20N2O6S2. The van der Waals surface area contributed by atoms with Crippen LogP contribution in [0.3, 0.4) is 0 Å². The third kappa shape index (κ3) is 5.33. The smallest absolute Gasteiger partial charge is 0.221 e. The molecule has 130 valence electrons. The molecule has 1 fully saturated rings. The van der Waals surface area contributed by atoms with E-state index in [4.69, 9.17) is 4.42 Å². The molecule has 0 bridgehead atoms. The van der Waals surface area contributed by atoms with E-state index in [0.717, 1.165) is 10.6 Å². The Morgan fingerprint density at radius 2 is 2.22 bits per heavy atom. The summed E-state index contributed by atoms with van der Waals surface area (Å²) in [4.78, 5) is 11.8. The van der Waals surface area contributed by atoms with E-state index in [1.165, 1.54) is 6.26 Å². The lowest BCUT2D eigenvalue weighted by Gasteiger charge is -2.25. The molecule has 1 N–H and O–H groups in total. The van der Waals surface area contributed by atoms with Crippen LogP contribution in [0.2, 0.25) is 0 Å². The minimum atomic E-state index is -3.58. The minimum absolute atomic E-state index is 0.0195. The Balaban J connectivity index is 1.90. The van der Waals surface area contributed by atoms with Crippen molar-refractivity contribution in [3.8, 4) is 0 Å². The summed E-state index contributed by atoms with van der Waals surface area (Å²) in [5.41, 5.74) is 0. The van der Waals surface area contributed by atoms with Gasteiger partial charge in [0.05, 0.1) is 30.6 Å². The van der Waals surface area contributed by atoms with E-state index >= 15 is 0 Å². The van der Waals surface area contributed by atoms with Gasteiger partial charge in [-0.05, 0) is 18.6 Å². The van der Waals surface area contributed by atoms with Crippen LogP contribution in [0.1, 0.15) is 18.6 Å². The average molecular weight is 364 g/mol. The van der Waals surface area contributed by atoms with Gasteiger partial charge in [0.15, 0.2) is 9.84 Å². The fraction of sp³-hybridized carbons (Fsp3) is 0.615. The van der Waals surface area contributed by atoms with Gasteiger partial charge in [-0.3, -0.25) is 4.79 Å². The van der Waals surface area contributed by atoms with Gasteiger partial charge in [0.25, 0.3) is 0 Å². The van der Waals surface area contributed by atoms with E-state index < -0.39 is 25.9 Å². The number of rotatable bonds is 7. The van der Waals surface area contributed by atoms with Gasteiger partial charge in [-0.25, -0.2) is 16.8 Å². The van der Waals surface area contributed by atoms with Gasteiger partial charge in [0.2, 0.25) is 15.9 Å². The van der Waals surface area contributed by atoms with Gasteiger partial charge in [-0.15, -0.1) is 0 Å². The first-order chi connectivity index (χ1) is 10.7. The number of nitrogens with zero attached hydrogens (tertiary/aromatic N) is 1. The molecular weight excluding hydrogens is 344 g/mol. The first kappa shape index (κ1) is 18.0. The molecule has 0 radical (unpaired) electrons. The lowest BCUT2D eigenvalue weighted by molar-refractivity contribution is -0.121. The monoisotopic (exact) mass is 364 g/mol. The van der Waals surface area contributed by atoms with Gasteiger partial charge in [0, 0.05) is 19.0 Å². The summed E-state index contributed by atoms with van der Waals surface area (Å²) in [7, 11) is -6.78. The van der Waals surface area contributed by atoms with Crippen LogP contribution < -0.4 is 5.32 Å². The maximum absolute atomic E-state index is 11.9. The zero-order chi connectivity index (χ0) is 17.1. The molecule has 2 heterocycles. The lowest BCUT2D eigenvalue weighted by atomic mass is 10.2. The van der Waals surface area contributed by atoms with Crippen LogP contribution in [-0.2, 0) is 31.2 Å². The van der Waals surface area contributed by atoms with Crippen LogP contribution >= 0.6 is 0 Å². The Kier molecular flexibility index (Phi) is 5.48. The van der Waals surface area contributed by atoms with E-state index in [0.29, 0.717) is 5.76 Å². The second-order valence-electron chi connectivity index (χ2n) is 5.54. The number of carbonyl (C=O) groups excluding carboxylic acids is 1. The van der Waals surface area contributed by atoms with Crippen LogP contribution in [0, 0.1) is 0 Å². The highest BCUT2D eigenvalue weighted by Crippen LogP contribution is 2.20. The summed E-state index contributed by atoms with van der Waals surface area (Å²) >= 11 is 0. The maximum atomic E-state index is 11.9. The van der Waals surface area contributed by atoms with Crippen molar-refractivity contribution < 1.29 is 26.0 Å². The van der Waals surface area contributed by atoms with Gasteiger partial charge < -0.3 is 9.73 Å². The molecule has 1 aromatic rings. The van der Waals surface area contributed by atoms with Crippen LogP contribution in [0.5, 0.6) is 0 Å². The van der Waals surface area contributed by atoms with Crippen LogP contribution in [0.15, 0.2) is 22.8 Å². The summed E-state index contributed by atoms with van der Waals surface area (Å²) in [5, 5.41) is 2.63. The second kappa shape index (κ2) is 7.02. The van der Waals surface area contributed by atoms with Crippen LogP contribution in [0.4, 0.5) is 0 Å². The molecule has 1 amide bonds. The summed E-state index contributed by atoms with van der Waals surface area (Å²) in [5.74, 6) is 0.0683. The Morgan fingerprint density at radius 3 is 2.74 bits per heavy atom. The molecule has 1 aliphatic rings. The lowest BCUT2D eigenvalue weighted by Crippen LogP contribution is -2.42. The molecule has 10 heteroatoms. The Hall–Kier alpha value is -1.39. The fourth-order valence-corrected chi connectivity index (χ4v) is 5.49. The summed E-state index contributed by atoms with van der Waals surface area (Å²) < 4.78 is 53.0. The normalized spacial score (nSPS) is 20.7. The molecule has 0 saturated carbocycles. The first-order valence-electron chi connectivity index (χ1n) is 7.14. The number of sulfone groups is 1.